The van der Waals surface area contributed by atoms with Gasteiger partial charge in [-0.05, 0) is 43.7 Å². The van der Waals surface area contributed by atoms with Gasteiger partial charge in [0.2, 0.25) is 5.89 Å². The van der Waals surface area contributed by atoms with Gasteiger partial charge in [-0.3, -0.25) is 0 Å². The standard InChI is InChI=1S/C16H22N2O2/c1-19-11-12-6-8-13(9-7-12)17-10-16-18-14-4-2-3-5-15(14)20-16/h2-5,12-13,17H,6-11H2,1H3. The van der Waals surface area contributed by atoms with Crippen LogP contribution in [0.3, 0.4) is 0 Å². The molecule has 1 aliphatic rings. The molecule has 2 aromatic rings. The molecule has 1 N–H and O–H groups in total. The highest BCUT2D eigenvalue weighted by molar-refractivity contribution is 5.72. The van der Waals surface area contributed by atoms with E-state index in [1.165, 1.54) is 25.7 Å². The second-order valence-electron chi connectivity index (χ2n) is 5.63. The van der Waals surface area contributed by atoms with Crippen LogP contribution in [0.25, 0.3) is 11.1 Å². The van der Waals surface area contributed by atoms with Gasteiger partial charge in [-0.1, -0.05) is 12.1 Å². The van der Waals surface area contributed by atoms with Crippen molar-refractivity contribution < 1.29 is 9.15 Å². The van der Waals surface area contributed by atoms with E-state index in [2.05, 4.69) is 10.3 Å². The molecule has 1 fully saturated rings. The van der Waals surface area contributed by atoms with Gasteiger partial charge < -0.3 is 14.5 Å². The molecule has 1 heterocycles. The van der Waals surface area contributed by atoms with Gasteiger partial charge in [0.05, 0.1) is 6.54 Å². The van der Waals surface area contributed by atoms with E-state index in [4.69, 9.17) is 9.15 Å². The van der Waals surface area contributed by atoms with Crippen LogP contribution in [-0.4, -0.2) is 24.7 Å². The highest BCUT2D eigenvalue weighted by atomic mass is 16.5. The largest absolute Gasteiger partial charge is 0.439 e. The minimum atomic E-state index is 0.582. The Morgan fingerprint density at radius 3 is 2.80 bits per heavy atom. The van der Waals surface area contributed by atoms with Gasteiger partial charge in [-0.25, -0.2) is 4.98 Å². The fraction of sp³-hybridized carbons (Fsp3) is 0.562. The first-order valence-electron chi connectivity index (χ1n) is 7.42. The van der Waals surface area contributed by atoms with Crippen molar-refractivity contribution in [3.05, 3.63) is 30.2 Å². The molecule has 3 rings (SSSR count). The number of ether oxygens (including phenoxy) is 1. The van der Waals surface area contributed by atoms with Crippen molar-refractivity contribution in [3.63, 3.8) is 0 Å². The minimum Gasteiger partial charge on any atom is -0.439 e. The van der Waals surface area contributed by atoms with Gasteiger partial charge in [-0.2, -0.15) is 0 Å². The van der Waals surface area contributed by atoms with Gasteiger partial charge in [0, 0.05) is 19.8 Å². The second-order valence-corrected chi connectivity index (χ2v) is 5.63. The van der Waals surface area contributed by atoms with E-state index < -0.39 is 0 Å². The van der Waals surface area contributed by atoms with E-state index in [0.29, 0.717) is 12.6 Å². The number of rotatable bonds is 5. The van der Waals surface area contributed by atoms with Crippen LogP contribution >= 0.6 is 0 Å². The zero-order valence-electron chi connectivity index (χ0n) is 12.0. The van der Waals surface area contributed by atoms with E-state index in [1.807, 2.05) is 24.3 Å². The second kappa shape index (κ2) is 6.37. The Balaban J connectivity index is 1.50. The first-order valence-corrected chi connectivity index (χ1v) is 7.42. The SMILES string of the molecule is COCC1CCC(NCc2nc3ccccc3o2)CC1. The number of nitrogens with zero attached hydrogens (tertiary/aromatic N) is 1. The number of aromatic nitrogens is 1. The summed E-state index contributed by atoms with van der Waals surface area (Å²) in [7, 11) is 1.79. The lowest BCUT2D eigenvalue weighted by atomic mass is 9.86. The Kier molecular flexibility index (Phi) is 4.33. The van der Waals surface area contributed by atoms with Crippen LogP contribution in [0.5, 0.6) is 0 Å². The molecule has 0 spiro atoms. The van der Waals surface area contributed by atoms with E-state index in [-0.39, 0.29) is 0 Å². The Morgan fingerprint density at radius 1 is 1.25 bits per heavy atom. The molecule has 1 saturated carbocycles. The molecule has 1 aromatic heterocycles. The number of fused-ring (bicyclic) bond motifs is 1. The van der Waals surface area contributed by atoms with Crippen LogP contribution in [0.1, 0.15) is 31.6 Å². The monoisotopic (exact) mass is 274 g/mol. The Hall–Kier alpha value is -1.39. The Labute approximate surface area is 119 Å². The lowest BCUT2D eigenvalue weighted by Gasteiger charge is -2.28. The van der Waals surface area contributed by atoms with Crippen LogP contribution in [0.15, 0.2) is 28.7 Å². The number of methoxy groups -OCH3 is 1. The lowest BCUT2D eigenvalue weighted by Crippen LogP contribution is -2.33. The molecule has 0 bridgehead atoms. The Morgan fingerprint density at radius 2 is 2.05 bits per heavy atom. The third-order valence-corrected chi connectivity index (χ3v) is 4.13. The van der Waals surface area contributed by atoms with E-state index in [1.54, 1.807) is 7.11 Å². The van der Waals surface area contributed by atoms with Crippen LogP contribution in [0, 0.1) is 5.92 Å². The quantitative estimate of drug-likeness (QED) is 0.910. The van der Waals surface area contributed by atoms with Gasteiger partial charge in [0.1, 0.15) is 5.52 Å². The van der Waals surface area contributed by atoms with Gasteiger partial charge >= 0.3 is 0 Å². The first kappa shape index (κ1) is 13.6. The zero-order valence-corrected chi connectivity index (χ0v) is 12.0. The maximum atomic E-state index is 5.73. The molecular weight excluding hydrogens is 252 g/mol. The molecule has 1 aromatic carbocycles. The predicted molar refractivity (Wildman–Crippen MR) is 78.5 cm³/mol. The topological polar surface area (TPSA) is 47.3 Å². The molecule has 0 atom stereocenters. The van der Waals surface area contributed by atoms with Crippen molar-refractivity contribution in [2.24, 2.45) is 5.92 Å². The van der Waals surface area contributed by atoms with Crippen molar-refractivity contribution in [2.75, 3.05) is 13.7 Å². The number of hydrogen-bond acceptors (Lipinski definition) is 4. The average Bonchev–Trinajstić information content (AvgIpc) is 2.90. The summed E-state index contributed by atoms with van der Waals surface area (Å²) in [5.74, 6) is 1.52. The van der Waals surface area contributed by atoms with Crippen LogP contribution in [0.2, 0.25) is 0 Å². The van der Waals surface area contributed by atoms with Crippen LogP contribution in [0.4, 0.5) is 0 Å². The highest BCUT2D eigenvalue weighted by Gasteiger charge is 2.21. The third kappa shape index (κ3) is 3.19. The summed E-state index contributed by atoms with van der Waals surface area (Å²) in [4.78, 5) is 4.49. The van der Waals surface area contributed by atoms with Gasteiger partial charge in [0.15, 0.2) is 5.58 Å². The summed E-state index contributed by atoms with van der Waals surface area (Å²) in [6.45, 7) is 1.62. The minimum absolute atomic E-state index is 0.582. The van der Waals surface area contributed by atoms with Gasteiger partial charge in [0.25, 0.3) is 0 Å². The first-order chi connectivity index (χ1) is 9.85. The molecule has 1 aliphatic carbocycles. The summed E-state index contributed by atoms with van der Waals surface area (Å²) in [5, 5.41) is 3.56. The molecule has 0 unspecified atom stereocenters. The molecule has 0 amide bonds. The van der Waals surface area contributed by atoms with Crippen molar-refractivity contribution in [2.45, 2.75) is 38.3 Å². The summed E-state index contributed by atoms with van der Waals surface area (Å²) in [5.41, 5.74) is 1.81. The van der Waals surface area contributed by atoms with E-state index in [9.17, 15) is 0 Å². The van der Waals surface area contributed by atoms with Crippen LogP contribution in [-0.2, 0) is 11.3 Å². The van der Waals surface area contributed by atoms with Crippen molar-refractivity contribution in [1.29, 1.82) is 0 Å². The molecule has 4 nitrogen and oxygen atoms in total. The normalized spacial score (nSPS) is 23.2. The molecule has 108 valence electrons. The Bertz CT molecular complexity index is 511. The maximum absolute atomic E-state index is 5.73. The van der Waals surface area contributed by atoms with Crippen molar-refractivity contribution >= 4 is 11.1 Å². The molecule has 0 saturated heterocycles. The number of para-hydroxylation sites is 2. The molecule has 0 aliphatic heterocycles. The number of nitrogens with one attached hydrogen (secondary N) is 1. The van der Waals surface area contributed by atoms with E-state index >= 15 is 0 Å². The summed E-state index contributed by atoms with van der Waals surface area (Å²) in [6.07, 6.45) is 4.93. The van der Waals surface area contributed by atoms with Crippen LogP contribution < -0.4 is 5.32 Å². The lowest BCUT2D eigenvalue weighted by molar-refractivity contribution is 0.123. The van der Waals surface area contributed by atoms with Crippen molar-refractivity contribution in [3.8, 4) is 0 Å². The number of hydrogen-bond donors (Lipinski definition) is 1. The maximum Gasteiger partial charge on any atom is 0.209 e. The molecular formula is C16H22N2O2. The van der Waals surface area contributed by atoms with Crippen molar-refractivity contribution in [1.82, 2.24) is 10.3 Å². The fourth-order valence-electron chi connectivity index (χ4n) is 3.00. The smallest absolute Gasteiger partial charge is 0.209 e. The third-order valence-electron chi connectivity index (χ3n) is 4.13. The summed E-state index contributed by atoms with van der Waals surface area (Å²) < 4.78 is 11.0. The average molecular weight is 274 g/mol. The summed E-state index contributed by atoms with van der Waals surface area (Å²) >= 11 is 0. The zero-order chi connectivity index (χ0) is 13.8. The fourth-order valence-corrected chi connectivity index (χ4v) is 3.00. The molecule has 4 heteroatoms. The number of benzene rings is 1. The molecule has 20 heavy (non-hydrogen) atoms. The van der Waals surface area contributed by atoms with E-state index in [0.717, 1.165) is 29.5 Å². The molecule has 0 radical (unpaired) electrons. The number of oxazole rings is 1. The van der Waals surface area contributed by atoms with Gasteiger partial charge in [-0.15, -0.1) is 0 Å². The highest BCUT2D eigenvalue weighted by Crippen LogP contribution is 2.24. The summed E-state index contributed by atoms with van der Waals surface area (Å²) in [6, 6.07) is 8.49. The predicted octanol–water partition coefficient (Wildman–Crippen LogP) is 3.12.